The lowest BCUT2D eigenvalue weighted by atomic mass is 10.1. The molecule has 2 aromatic rings. The van der Waals surface area contributed by atoms with Crippen LogP contribution in [0.3, 0.4) is 0 Å². The number of aromatic nitrogens is 2. The molecule has 3 rings (SSSR count). The van der Waals surface area contributed by atoms with Crippen LogP contribution in [-0.2, 0) is 6.54 Å². The maximum Gasteiger partial charge on any atom is 0.135 e. The normalized spacial score (nSPS) is 15.9. The number of carboxylic acid groups (broad SMARTS) is 1. The van der Waals surface area contributed by atoms with Gasteiger partial charge in [0.25, 0.3) is 0 Å². The van der Waals surface area contributed by atoms with Crippen molar-refractivity contribution in [2.45, 2.75) is 12.6 Å². The summed E-state index contributed by atoms with van der Waals surface area (Å²) in [6.07, 6.45) is 8.99. The van der Waals surface area contributed by atoms with Crippen LogP contribution in [0.2, 0.25) is 0 Å². The molecule has 0 spiro atoms. The monoisotopic (exact) mass is 291 g/mol. The Kier molecular flexibility index (Phi) is 4.10. The molecule has 20 heavy (non-hydrogen) atoms. The van der Waals surface area contributed by atoms with Crippen molar-refractivity contribution in [3.63, 3.8) is 0 Å². The number of halogens is 1. The number of carbonyl (C=O) groups is 1. The van der Waals surface area contributed by atoms with Crippen LogP contribution in [0.1, 0.15) is 15.9 Å². The second-order valence-electron chi connectivity index (χ2n) is 4.31. The molecular formula is C14H12ClN2O3-. The number of imidazole rings is 1. The molecule has 1 aliphatic rings. The van der Waals surface area contributed by atoms with Crippen molar-refractivity contribution in [2.24, 2.45) is 0 Å². The van der Waals surface area contributed by atoms with Gasteiger partial charge in [-0.15, -0.1) is 12.4 Å². The lowest BCUT2D eigenvalue weighted by molar-refractivity contribution is -0.255. The highest BCUT2D eigenvalue weighted by Crippen LogP contribution is 2.27. The van der Waals surface area contributed by atoms with Crippen molar-refractivity contribution in [1.29, 1.82) is 0 Å². The zero-order valence-electron chi connectivity index (χ0n) is 10.4. The molecule has 1 aliphatic heterocycles. The van der Waals surface area contributed by atoms with Crippen LogP contribution in [0.4, 0.5) is 0 Å². The van der Waals surface area contributed by atoms with Crippen LogP contribution in [-0.4, -0.2) is 21.6 Å². The SMILES string of the molecule is Cl.O=C([O-])c1ccc2c(c1)C=CC(Cn1ccnc1)O2. The number of benzene rings is 1. The molecule has 1 aromatic heterocycles. The number of nitrogens with zero attached hydrogens (tertiary/aromatic N) is 2. The Hall–Kier alpha value is -2.27. The second-order valence-corrected chi connectivity index (χ2v) is 4.31. The summed E-state index contributed by atoms with van der Waals surface area (Å²) in [5.74, 6) is -0.505. The van der Waals surface area contributed by atoms with Gasteiger partial charge in [0.2, 0.25) is 0 Å². The minimum atomic E-state index is -1.18. The highest BCUT2D eigenvalue weighted by atomic mass is 35.5. The predicted octanol–water partition coefficient (Wildman–Crippen LogP) is 1.14. The van der Waals surface area contributed by atoms with Gasteiger partial charge in [-0.25, -0.2) is 4.98 Å². The van der Waals surface area contributed by atoms with Crippen LogP contribution < -0.4 is 9.84 Å². The number of fused-ring (bicyclic) bond motifs is 1. The molecule has 0 amide bonds. The maximum atomic E-state index is 10.8. The summed E-state index contributed by atoms with van der Waals surface area (Å²) in [5.41, 5.74) is 0.906. The van der Waals surface area contributed by atoms with E-state index in [-0.39, 0.29) is 24.1 Å². The Morgan fingerprint density at radius 2 is 2.30 bits per heavy atom. The van der Waals surface area contributed by atoms with Gasteiger partial charge in [-0.1, -0.05) is 6.08 Å². The molecule has 0 N–H and O–H groups in total. The lowest BCUT2D eigenvalue weighted by Crippen LogP contribution is -2.24. The molecule has 0 radical (unpaired) electrons. The van der Waals surface area contributed by atoms with Crippen molar-refractivity contribution in [2.75, 3.05) is 0 Å². The van der Waals surface area contributed by atoms with Crippen LogP contribution in [0.25, 0.3) is 6.08 Å². The lowest BCUT2D eigenvalue weighted by Gasteiger charge is -2.22. The zero-order chi connectivity index (χ0) is 13.2. The standard InChI is InChI=1S/C14H12N2O3.ClH/c17-14(18)11-2-4-13-10(7-11)1-3-12(19-13)8-16-6-5-15-9-16;/h1-7,9,12H,8H2,(H,17,18);1H/p-1. The van der Waals surface area contributed by atoms with Crippen molar-refractivity contribution >= 4 is 24.5 Å². The summed E-state index contributed by atoms with van der Waals surface area (Å²) in [6, 6.07) is 4.70. The van der Waals surface area contributed by atoms with E-state index in [9.17, 15) is 9.90 Å². The van der Waals surface area contributed by atoms with E-state index in [1.807, 2.05) is 22.9 Å². The van der Waals surface area contributed by atoms with Gasteiger partial charge in [0.05, 0.1) is 18.8 Å². The Morgan fingerprint density at radius 3 is 3.00 bits per heavy atom. The Labute approximate surface area is 121 Å². The van der Waals surface area contributed by atoms with Gasteiger partial charge in [-0.05, 0) is 29.8 Å². The summed E-state index contributed by atoms with van der Waals surface area (Å²) in [5, 5.41) is 10.8. The van der Waals surface area contributed by atoms with E-state index in [1.54, 1.807) is 24.7 Å². The molecule has 0 aliphatic carbocycles. The van der Waals surface area contributed by atoms with E-state index >= 15 is 0 Å². The summed E-state index contributed by atoms with van der Waals surface area (Å²) in [6.45, 7) is 0.665. The number of hydrogen-bond acceptors (Lipinski definition) is 4. The molecule has 0 bridgehead atoms. The van der Waals surface area contributed by atoms with E-state index in [0.717, 1.165) is 5.56 Å². The Balaban J connectivity index is 0.00000147. The molecule has 5 nitrogen and oxygen atoms in total. The summed E-state index contributed by atoms with van der Waals surface area (Å²) >= 11 is 0. The zero-order valence-corrected chi connectivity index (χ0v) is 11.2. The molecule has 0 saturated carbocycles. The second kappa shape index (κ2) is 5.79. The highest BCUT2D eigenvalue weighted by molar-refractivity contribution is 5.87. The first-order chi connectivity index (χ1) is 9.22. The van der Waals surface area contributed by atoms with E-state index in [0.29, 0.717) is 12.3 Å². The molecule has 6 heteroatoms. The molecule has 1 atom stereocenters. The molecule has 0 saturated heterocycles. The fourth-order valence-corrected chi connectivity index (χ4v) is 2.03. The fourth-order valence-electron chi connectivity index (χ4n) is 2.03. The Morgan fingerprint density at radius 1 is 1.45 bits per heavy atom. The smallest absolute Gasteiger partial charge is 0.135 e. The van der Waals surface area contributed by atoms with Crippen LogP contribution >= 0.6 is 12.4 Å². The van der Waals surface area contributed by atoms with Crippen LogP contribution in [0.5, 0.6) is 5.75 Å². The van der Waals surface area contributed by atoms with Gasteiger partial charge in [0, 0.05) is 18.0 Å². The maximum absolute atomic E-state index is 10.8. The van der Waals surface area contributed by atoms with Crippen LogP contribution in [0.15, 0.2) is 43.0 Å². The molecule has 104 valence electrons. The third-order valence-electron chi connectivity index (χ3n) is 2.96. The molecule has 1 unspecified atom stereocenters. The number of carboxylic acids is 1. The largest absolute Gasteiger partial charge is 0.545 e. The van der Waals surface area contributed by atoms with E-state index in [1.165, 1.54) is 6.07 Å². The fraction of sp³-hybridized carbons (Fsp3) is 0.143. The first-order valence-electron chi connectivity index (χ1n) is 5.88. The van der Waals surface area contributed by atoms with Gasteiger partial charge in [-0.2, -0.15) is 0 Å². The third-order valence-corrected chi connectivity index (χ3v) is 2.96. The number of aromatic carboxylic acids is 1. The van der Waals surface area contributed by atoms with Gasteiger partial charge in [0.1, 0.15) is 11.9 Å². The van der Waals surface area contributed by atoms with Crippen molar-refractivity contribution in [1.82, 2.24) is 9.55 Å². The van der Waals surface area contributed by atoms with E-state index in [2.05, 4.69) is 4.98 Å². The average Bonchev–Trinajstić information content (AvgIpc) is 2.91. The van der Waals surface area contributed by atoms with Crippen molar-refractivity contribution in [3.8, 4) is 5.75 Å². The summed E-state index contributed by atoms with van der Waals surface area (Å²) in [7, 11) is 0. The summed E-state index contributed by atoms with van der Waals surface area (Å²) in [4.78, 5) is 14.8. The molecule has 0 fully saturated rings. The third kappa shape index (κ3) is 2.83. The average molecular weight is 292 g/mol. The van der Waals surface area contributed by atoms with Gasteiger partial charge in [-0.3, -0.25) is 0 Å². The number of rotatable bonds is 3. The Bertz CT molecular complexity index is 638. The molecule has 2 heterocycles. The summed E-state index contributed by atoms with van der Waals surface area (Å²) < 4.78 is 7.72. The number of hydrogen-bond donors (Lipinski definition) is 0. The van der Waals surface area contributed by atoms with Gasteiger partial charge in [0.15, 0.2) is 0 Å². The number of ether oxygens (including phenoxy) is 1. The molecule has 1 aromatic carbocycles. The van der Waals surface area contributed by atoms with Crippen molar-refractivity contribution < 1.29 is 14.6 Å². The number of carbonyl (C=O) groups excluding carboxylic acids is 1. The van der Waals surface area contributed by atoms with Crippen molar-refractivity contribution in [3.05, 3.63) is 54.1 Å². The van der Waals surface area contributed by atoms with Crippen LogP contribution in [0, 0.1) is 0 Å². The highest BCUT2D eigenvalue weighted by Gasteiger charge is 2.15. The topological polar surface area (TPSA) is 67.2 Å². The first kappa shape index (κ1) is 14.1. The van der Waals surface area contributed by atoms with E-state index < -0.39 is 5.97 Å². The van der Waals surface area contributed by atoms with E-state index in [4.69, 9.17) is 4.74 Å². The van der Waals surface area contributed by atoms with Gasteiger partial charge >= 0.3 is 0 Å². The predicted molar refractivity (Wildman–Crippen MR) is 73.7 cm³/mol. The quantitative estimate of drug-likeness (QED) is 0.850. The minimum absolute atomic E-state index is 0. The van der Waals surface area contributed by atoms with Gasteiger partial charge < -0.3 is 19.2 Å². The molecular weight excluding hydrogens is 280 g/mol. The first-order valence-corrected chi connectivity index (χ1v) is 5.88. The minimum Gasteiger partial charge on any atom is -0.545 e.